The number of aryl methyl sites for hydroxylation is 1. The van der Waals surface area contributed by atoms with Gasteiger partial charge in [0.05, 0.1) is 16.9 Å². The number of carbonyl (C=O) groups is 1. The van der Waals surface area contributed by atoms with E-state index in [9.17, 15) is 22.4 Å². The van der Waals surface area contributed by atoms with Crippen molar-refractivity contribution in [1.29, 1.82) is 0 Å². The maximum absolute atomic E-state index is 15.2. The second-order valence-corrected chi connectivity index (χ2v) is 10.2. The zero-order valence-corrected chi connectivity index (χ0v) is 20.4. The van der Waals surface area contributed by atoms with Crippen LogP contribution in [0.1, 0.15) is 39.9 Å². The summed E-state index contributed by atoms with van der Waals surface area (Å²) in [5, 5.41) is 2.75. The maximum Gasteiger partial charge on any atom is 0.299 e. The molecule has 0 unspecified atom stereocenters. The van der Waals surface area contributed by atoms with Crippen LogP contribution >= 0.6 is 0 Å². The molecule has 0 bridgehead atoms. The SMILES string of the molecule is Cc1ccc(Nc2c(C(N)=O)cc(Cc3cccc(NS(=O)(=O)NC4CC4)c3F)c(=O)n2C)c(F)c1. The Hall–Kier alpha value is -3.77. The van der Waals surface area contributed by atoms with E-state index in [-0.39, 0.29) is 46.3 Å². The second-order valence-electron chi connectivity index (χ2n) is 8.72. The number of benzene rings is 2. The Kier molecular flexibility index (Phi) is 6.83. The standard InChI is InChI=1S/C24H25F2N5O4S/c1-13-6-9-19(18(25)10-13)28-23-17(22(27)32)12-15(24(33)31(23)2)11-14-4-3-5-20(21(14)26)30-36(34,35)29-16-7-8-16/h3-6,9-10,12,16,28-30H,7-8,11H2,1-2H3,(H2,27,32). The van der Waals surface area contributed by atoms with Gasteiger partial charge in [0.15, 0.2) is 5.82 Å². The number of hydrogen-bond acceptors (Lipinski definition) is 5. The molecule has 1 aliphatic carbocycles. The maximum atomic E-state index is 15.2. The van der Waals surface area contributed by atoms with Crippen LogP contribution in [0.25, 0.3) is 0 Å². The molecule has 0 atom stereocenters. The normalized spacial score (nSPS) is 13.4. The highest BCUT2D eigenvalue weighted by Crippen LogP contribution is 2.26. The van der Waals surface area contributed by atoms with Gasteiger partial charge in [-0.1, -0.05) is 18.2 Å². The average Bonchev–Trinajstić information content (AvgIpc) is 3.60. The molecule has 36 heavy (non-hydrogen) atoms. The number of amides is 1. The van der Waals surface area contributed by atoms with Gasteiger partial charge in [-0.2, -0.15) is 13.1 Å². The summed E-state index contributed by atoms with van der Waals surface area (Å²) in [5.41, 5.74) is 5.38. The summed E-state index contributed by atoms with van der Waals surface area (Å²) in [6, 6.07) is 9.60. The van der Waals surface area contributed by atoms with Gasteiger partial charge in [0.25, 0.3) is 21.7 Å². The Morgan fingerprint density at radius 3 is 2.47 bits per heavy atom. The lowest BCUT2D eigenvalue weighted by molar-refractivity contribution is 0.100. The first-order valence-electron chi connectivity index (χ1n) is 11.1. The van der Waals surface area contributed by atoms with E-state index in [4.69, 9.17) is 5.73 Å². The van der Waals surface area contributed by atoms with Gasteiger partial charge < -0.3 is 11.1 Å². The molecule has 1 aromatic heterocycles. The third-order valence-corrected chi connectivity index (χ3v) is 6.87. The number of carbonyl (C=O) groups excluding carboxylic acids is 1. The quantitative estimate of drug-likeness (QED) is 0.346. The van der Waals surface area contributed by atoms with Crippen LogP contribution in [0.15, 0.2) is 47.3 Å². The third kappa shape index (κ3) is 5.55. The molecule has 1 amide bonds. The van der Waals surface area contributed by atoms with E-state index < -0.39 is 33.3 Å². The van der Waals surface area contributed by atoms with Crippen LogP contribution in [0.3, 0.4) is 0 Å². The van der Waals surface area contributed by atoms with E-state index in [2.05, 4.69) is 14.8 Å². The summed E-state index contributed by atoms with van der Waals surface area (Å²) in [4.78, 5) is 25.3. The lowest BCUT2D eigenvalue weighted by Crippen LogP contribution is -2.32. The van der Waals surface area contributed by atoms with Crippen LogP contribution in [-0.2, 0) is 23.7 Å². The molecule has 1 heterocycles. The van der Waals surface area contributed by atoms with Gasteiger partial charge in [0.2, 0.25) is 0 Å². The van der Waals surface area contributed by atoms with Crippen LogP contribution < -0.4 is 26.1 Å². The molecule has 0 spiro atoms. The summed E-state index contributed by atoms with van der Waals surface area (Å²) in [6.07, 6.45) is 1.19. The lowest BCUT2D eigenvalue weighted by atomic mass is 10.0. The number of primary amides is 1. The molecule has 0 saturated heterocycles. The van der Waals surface area contributed by atoms with Gasteiger partial charge in [-0.25, -0.2) is 8.78 Å². The van der Waals surface area contributed by atoms with Crippen molar-refractivity contribution in [2.45, 2.75) is 32.2 Å². The Balaban J connectivity index is 1.68. The molecule has 9 nitrogen and oxygen atoms in total. The minimum Gasteiger partial charge on any atom is -0.365 e. The van der Waals surface area contributed by atoms with Crippen molar-refractivity contribution < 1.29 is 22.0 Å². The summed E-state index contributed by atoms with van der Waals surface area (Å²) >= 11 is 0. The first kappa shape index (κ1) is 25.3. The molecule has 190 valence electrons. The number of hydrogen-bond donors (Lipinski definition) is 4. The van der Waals surface area contributed by atoms with Gasteiger partial charge in [0, 0.05) is 25.1 Å². The molecule has 1 fully saturated rings. The highest BCUT2D eigenvalue weighted by molar-refractivity contribution is 7.90. The minimum absolute atomic E-state index is 0.0212. The van der Waals surface area contributed by atoms with Crippen molar-refractivity contribution in [2.24, 2.45) is 12.8 Å². The van der Waals surface area contributed by atoms with Crippen molar-refractivity contribution in [3.05, 3.63) is 86.7 Å². The predicted molar refractivity (Wildman–Crippen MR) is 133 cm³/mol. The first-order valence-corrected chi connectivity index (χ1v) is 12.6. The van der Waals surface area contributed by atoms with Crippen LogP contribution in [0, 0.1) is 18.6 Å². The van der Waals surface area contributed by atoms with Crippen LogP contribution in [-0.4, -0.2) is 24.9 Å². The monoisotopic (exact) mass is 517 g/mol. The van der Waals surface area contributed by atoms with E-state index in [0.717, 1.165) is 17.4 Å². The Morgan fingerprint density at radius 1 is 1.11 bits per heavy atom. The number of nitrogens with one attached hydrogen (secondary N) is 3. The van der Waals surface area contributed by atoms with Gasteiger partial charge in [-0.05, 0) is 55.2 Å². The fraction of sp³-hybridized carbons (Fsp3) is 0.250. The highest BCUT2D eigenvalue weighted by Gasteiger charge is 2.27. The summed E-state index contributed by atoms with van der Waals surface area (Å²) in [6.45, 7) is 1.72. The van der Waals surface area contributed by atoms with E-state index in [0.29, 0.717) is 5.56 Å². The number of nitrogens with two attached hydrogens (primary N) is 1. The van der Waals surface area contributed by atoms with E-state index >= 15 is 4.39 Å². The van der Waals surface area contributed by atoms with Crippen LogP contribution in [0.2, 0.25) is 0 Å². The van der Waals surface area contributed by atoms with Crippen molar-refractivity contribution >= 4 is 33.3 Å². The van der Waals surface area contributed by atoms with Crippen LogP contribution in [0.5, 0.6) is 0 Å². The van der Waals surface area contributed by atoms with Crippen molar-refractivity contribution in [2.75, 3.05) is 10.0 Å². The zero-order chi connectivity index (χ0) is 26.2. The molecule has 0 aliphatic heterocycles. The molecule has 1 aliphatic rings. The molecule has 4 rings (SSSR count). The molecule has 2 aromatic carbocycles. The van der Waals surface area contributed by atoms with Gasteiger partial charge in [-0.15, -0.1) is 0 Å². The van der Waals surface area contributed by atoms with Crippen molar-refractivity contribution in [3.8, 4) is 0 Å². The molecule has 1 saturated carbocycles. The number of aromatic nitrogens is 1. The number of halogens is 2. The van der Waals surface area contributed by atoms with Crippen LogP contribution in [0.4, 0.5) is 26.0 Å². The fourth-order valence-corrected chi connectivity index (χ4v) is 4.89. The average molecular weight is 518 g/mol. The predicted octanol–water partition coefficient (Wildman–Crippen LogP) is 2.81. The van der Waals surface area contributed by atoms with E-state index in [1.165, 1.54) is 43.4 Å². The smallest absolute Gasteiger partial charge is 0.299 e. The molecule has 5 N–H and O–H groups in total. The minimum atomic E-state index is -3.96. The Morgan fingerprint density at radius 2 is 1.83 bits per heavy atom. The molecule has 3 aromatic rings. The topological polar surface area (TPSA) is 135 Å². The molecular weight excluding hydrogens is 492 g/mol. The summed E-state index contributed by atoms with van der Waals surface area (Å²) in [7, 11) is -2.59. The number of anilines is 3. The van der Waals surface area contributed by atoms with Gasteiger partial charge in [-0.3, -0.25) is 18.9 Å². The van der Waals surface area contributed by atoms with E-state index in [1.54, 1.807) is 13.0 Å². The number of rotatable bonds is 9. The Labute approximate surface area is 206 Å². The van der Waals surface area contributed by atoms with Gasteiger partial charge >= 0.3 is 0 Å². The summed E-state index contributed by atoms with van der Waals surface area (Å²) in [5.74, 6) is -2.34. The van der Waals surface area contributed by atoms with Crippen molar-refractivity contribution in [1.82, 2.24) is 9.29 Å². The first-order chi connectivity index (χ1) is 16.9. The highest BCUT2D eigenvalue weighted by atomic mass is 32.2. The largest absolute Gasteiger partial charge is 0.365 e. The third-order valence-electron chi connectivity index (χ3n) is 5.73. The van der Waals surface area contributed by atoms with Gasteiger partial charge in [0.1, 0.15) is 11.6 Å². The Bertz CT molecular complexity index is 1520. The second kappa shape index (κ2) is 9.70. The lowest BCUT2D eigenvalue weighted by Gasteiger charge is -2.17. The number of nitrogens with zero attached hydrogens (tertiary/aromatic N) is 1. The molecular formula is C24H25F2N5O4S. The van der Waals surface area contributed by atoms with E-state index in [1.807, 2.05) is 0 Å². The van der Waals surface area contributed by atoms with Crippen molar-refractivity contribution in [3.63, 3.8) is 0 Å². The molecule has 0 radical (unpaired) electrons. The number of pyridine rings is 1. The zero-order valence-electron chi connectivity index (χ0n) is 19.6. The fourth-order valence-electron chi connectivity index (χ4n) is 3.71. The summed E-state index contributed by atoms with van der Waals surface area (Å²) < 4.78 is 59.6. The molecule has 12 heteroatoms.